The molecular weight excluding hydrogens is 150 g/mol. The minimum atomic E-state index is -0.425. The van der Waals surface area contributed by atoms with Crippen LogP contribution in [0, 0.1) is 0 Å². The van der Waals surface area contributed by atoms with Crippen molar-refractivity contribution in [3.63, 3.8) is 0 Å². The molecule has 0 aliphatic carbocycles. The maximum Gasteiger partial charge on any atom is 0.412 e. The van der Waals surface area contributed by atoms with E-state index in [1.165, 1.54) is 11.8 Å². The lowest BCUT2D eigenvalue weighted by molar-refractivity contribution is -0.144. The topological polar surface area (TPSA) is 55.8 Å². The standard InChI is InChI=1S/C6H9NO4/c1-5(8)11-4-7-2-3-10-6(7)9/h2-4H2,1H3. The monoisotopic (exact) mass is 159 g/mol. The minimum Gasteiger partial charge on any atom is -0.447 e. The van der Waals surface area contributed by atoms with Crippen molar-refractivity contribution in [2.75, 3.05) is 19.9 Å². The van der Waals surface area contributed by atoms with Gasteiger partial charge in [0.1, 0.15) is 6.61 Å². The third-order valence-corrected chi connectivity index (χ3v) is 1.27. The first-order valence-corrected chi connectivity index (χ1v) is 3.25. The van der Waals surface area contributed by atoms with Crippen molar-refractivity contribution in [1.82, 2.24) is 4.90 Å². The number of amides is 1. The van der Waals surface area contributed by atoms with Crippen molar-refractivity contribution >= 4 is 12.1 Å². The second-order valence-electron chi connectivity index (χ2n) is 2.14. The summed E-state index contributed by atoms with van der Waals surface area (Å²) in [7, 11) is 0. The summed E-state index contributed by atoms with van der Waals surface area (Å²) in [6, 6.07) is 0. The molecule has 0 saturated carbocycles. The van der Waals surface area contributed by atoms with Crippen molar-refractivity contribution in [1.29, 1.82) is 0 Å². The summed E-state index contributed by atoms with van der Waals surface area (Å²) in [4.78, 5) is 22.3. The van der Waals surface area contributed by atoms with Crippen LogP contribution >= 0.6 is 0 Å². The largest absolute Gasteiger partial charge is 0.447 e. The highest BCUT2D eigenvalue weighted by Gasteiger charge is 2.21. The Labute approximate surface area is 63.9 Å². The van der Waals surface area contributed by atoms with E-state index in [0.717, 1.165) is 0 Å². The van der Waals surface area contributed by atoms with E-state index in [4.69, 9.17) is 0 Å². The number of hydrogen-bond donors (Lipinski definition) is 0. The summed E-state index contributed by atoms with van der Waals surface area (Å²) >= 11 is 0. The van der Waals surface area contributed by atoms with E-state index in [1.807, 2.05) is 0 Å². The van der Waals surface area contributed by atoms with Gasteiger partial charge in [0.05, 0.1) is 6.54 Å². The molecule has 5 nitrogen and oxygen atoms in total. The van der Waals surface area contributed by atoms with E-state index in [9.17, 15) is 9.59 Å². The molecule has 0 bridgehead atoms. The van der Waals surface area contributed by atoms with Gasteiger partial charge in [-0.15, -0.1) is 0 Å². The Morgan fingerprint density at radius 3 is 3.00 bits per heavy atom. The van der Waals surface area contributed by atoms with Gasteiger partial charge in [-0.3, -0.25) is 9.69 Å². The highest BCUT2D eigenvalue weighted by Crippen LogP contribution is 2.02. The Morgan fingerprint density at radius 2 is 2.55 bits per heavy atom. The smallest absolute Gasteiger partial charge is 0.412 e. The summed E-state index contributed by atoms with van der Waals surface area (Å²) in [5.74, 6) is -0.398. The van der Waals surface area contributed by atoms with Gasteiger partial charge >= 0.3 is 12.1 Å². The van der Waals surface area contributed by atoms with Crippen molar-refractivity contribution in [2.24, 2.45) is 0 Å². The molecule has 0 aromatic rings. The Balaban J connectivity index is 2.26. The summed E-state index contributed by atoms with van der Waals surface area (Å²) in [5.41, 5.74) is 0. The van der Waals surface area contributed by atoms with E-state index in [1.54, 1.807) is 0 Å². The molecule has 1 saturated heterocycles. The molecule has 1 fully saturated rings. The molecule has 1 aliphatic heterocycles. The van der Waals surface area contributed by atoms with Crippen LogP contribution in [0.4, 0.5) is 4.79 Å². The van der Waals surface area contributed by atoms with E-state index >= 15 is 0 Å². The molecule has 5 heteroatoms. The third kappa shape index (κ3) is 2.10. The predicted octanol–water partition coefficient (Wildman–Crippen LogP) is -0.0408. The van der Waals surface area contributed by atoms with Crippen molar-refractivity contribution in [2.45, 2.75) is 6.92 Å². The van der Waals surface area contributed by atoms with Gasteiger partial charge in [0.25, 0.3) is 0 Å². The molecule has 0 aromatic heterocycles. The normalized spacial score (nSPS) is 16.5. The molecular formula is C6H9NO4. The van der Waals surface area contributed by atoms with Crippen LogP contribution in [0.2, 0.25) is 0 Å². The Morgan fingerprint density at radius 1 is 1.82 bits per heavy atom. The van der Waals surface area contributed by atoms with Gasteiger partial charge < -0.3 is 9.47 Å². The van der Waals surface area contributed by atoms with E-state index in [-0.39, 0.29) is 6.73 Å². The maximum atomic E-state index is 10.7. The zero-order valence-corrected chi connectivity index (χ0v) is 6.20. The van der Waals surface area contributed by atoms with Crippen LogP contribution in [0.3, 0.4) is 0 Å². The number of esters is 1. The Bertz CT molecular complexity index is 179. The minimum absolute atomic E-state index is 0.00579. The van der Waals surface area contributed by atoms with E-state index in [0.29, 0.717) is 13.2 Å². The lowest BCUT2D eigenvalue weighted by Gasteiger charge is -2.10. The fraction of sp³-hybridized carbons (Fsp3) is 0.667. The van der Waals surface area contributed by atoms with Gasteiger partial charge in [-0.2, -0.15) is 0 Å². The number of carbonyl (C=O) groups excluding carboxylic acids is 2. The van der Waals surface area contributed by atoms with Crippen LogP contribution in [0.5, 0.6) is 0 Å². The maximum absolute atomic E-state index is 10.7. The summed E-state index contributed by atoms with van der Waals surface area (Å²) < 4.78 is 9.18. The van der Waals surface area contributed by atoms with Crippen molar-refractivity contribution in [3.05, 3.63) is 0 Å². The van der Waals surface area contributed by atoms with E-state index in [2.05, 4.69) is 9.47 Å². The van der Waals surface area contributed by atoms with Crippen LogP contribution in [0.15, 0.2) is 0 Å². The van der Waals surface area contributed by atoms with Crippen molar-refractivity contribution in [3.8, 4) is 0 Å². The number of carbonyl (C=O) groups is 2. The Kier molecular flexibility index (Phi) is 2.30. The van der Waals surface area contributed by atoms with E-state index < -0.39 is 12.1 Å². The van der Waals surface area contributed by atoms with Crippen LogP contribution in [0.1, 0.15) is 6.92 Å². The second-order valence-corrected chi connectivity index (χ2v) is 2.14. The molecule has 1 aliphatic rings. The third-order valence-electron chi connectivity index (χ3n) is 1.27. The highest BCUT2D eigenvalue weighted by atomic mass is 16.6. The fourth-order valence-corrected chi connectivity index (χ4v) is 0.712. The number of nitrogens with zero attached hydrogens (tertiary/aromatic N) is 1. The number of ether oxygens (including phenoxy) is 2. The highest BCUT2D eigenvalue weighted by molar-refractivity contribution is 5.70. The van der Waals surface area contributed by atoms with Crippen LogP contribution in [0.25, 0.3) is 0 Å². The molecule has 1 rings (SSSR count). The van der Waals surface area contributed by atoms with Gasteiger partial charge in [-0.05, 0) is 0 Å². The van der Waals surface area contributed by atoms with Crippen LogP contribution in [-0.4, -0.2) is 36.8 Å². The molecule has 1 heterocycles. The molecule has 0 atom stereocenters. The second kappa shape index (κ2) is 3.23. The van der Waals surface area contributed by atoms with Crippen LogP contribution in [-0.2, 0) is 14.3 Å². The van der Waals surface area contributed by atoms with Crippen molar-refractivity contribution < 1.29 is 19.1 Å². The average molecular weight is 159 g/mol. The van der Waals surface area contributed by atoms with Crippen LogP contribution < -0.4 is 0 Å². The Hall–Kier alpha value is -1.26. The molecule has 0 unspecified atom stereocenters. The quantitative estimate of drug-likeness (QED) is 0.530. The number of hydrogen-bond acceptors (Lipinski definition) is 4. The first-order valence-electron chi connectivity index (χ1n) is 3.25. The van der Waals surface area contributed by atoms with Gasteiger partial charge in [0.15, 0.2) is 6.73 Å². The first-order chi connectivity index (χ1) is 5.20. The summed E-state index contributed by atoms with van der Waals surface area (Å²) in [6.45, 7) is 2.15. The lowest BCUT2D eigenvalue weighted by Crippen LogP contribution is -2.28. The van der Waals surface area contributed by atoms with Gasteiger partial charge in [0.2, 0.25) is 0 Å². The predicted molar refractivity (Wildman–Crippen MR) is 34.7 cm³/mol. The molecule has 0 spiro atoms. The number of rotatable bonds is 2. The van der Waals surface area contributed by atoms with Gasteiger partial charge in [-0.1, -0.05) is 0 Å². The molecule has 0 N–H and O–H groups in total. The zero-order chi connectivity index (χ0) is 8.27. The fourth-order valence-electron chi connectivity index (χ4n) is 0.712. The zero-order valence-electron chi connectivity index (χ0n) is 6.20. The first kappa shape index (κ1) is 7.84. The molecule has 62 valence electrons. The molecule has 0 radical (unpaired) electrons. The summed E-state index contributed by atoms with van der Waals surface area (Å²) in [6.07, 6.45) is -0.425. The molecule has 11 heavy (non-hydrogen) atoms. The number of cyclic esters (lactones) is 1. The molecule has 0 aromatic carbocycles. The summed E-state index contributed by atoms with van der Waals surface area (Å²) in [5, 5.41) is 0. The lowest BCUT2D eigenvalue weighted by atomic mass is 10.6. The average Bonchev–Trinajstić information content (AvgIpc) is 2.31. The van der Waals surface area contributed by atoms with Gasteiger partial charge in [0, 0.05) is 6.92 Å². The van der Waals surface area contributed by atoms with Gasteiger partial charge in [-0.25, -0.2) is 4.79 Å². The SMILES string of the molecule is CC(=O)OCN1CCOC1=O. The molecule has 1 amide bonds.